The molecule has 0 saturated carbocycles. The van der Waals surface area contributed by atoms with Crippen molar-refractivity contribution in [3.05, 3.63) is 23.8 Å². The molecule has 0 amide bonds. The van der Waals surface area contributed by atoms with Crippen molar-refractivity contribution in [2.75, 3.05) is 31.6 Å². The van der Waals surface area contributed by atoms with Gasteiger partial charge in [0.2, 0.25) is 0 Å². The summed E-state index contributed by atoms with van der Waals surface area (Å²) in [6.45, 7) is 4.22. The molecular weight excluding hydrogens is 224 g/mol. The predicted octanol–water partition coefficient (Wildman–Crippen LogP) is 2.42. The van der Waals surface area contributed by atoms with Crippen LogP contribution >= 0.6 is 0 Å². The minimum Gasteiger partial charge on any atom is -0.493 e. The van der Waals surface area contributed by atoms with Gasteiger partial charge < -0.3 is 15.4 Å². The van der Waals surface area contributed by atoms with Gasteiger partial charge in [0.25, 0.3) is 0 Å². The fraction of sp³-hybridized carbons (Fsp3) is 0.600. The summed E-state index contributed by atoms with van der Waals surface area (Å²) >= 11 is 0. The molecule has 1 atom stereocenters. The molecule has 3 rings (SSSR count). The van der Waals surface area contributed by atoms with Crippen LogP contribution in [-0.2, 0) is 6.42 Å². The quantitative estimate of drug-likeness (QED) is 0.859. The highest BCUT2D eigenvalue weighted by atomic mass is 16.5. The van der Waals surface area contributed by atoms with E-state index < -0.39 is 0 Å². The maximum Gasteiger partial charge on any atom is 0.119 e. The summed E-state index contributed by atoms with van der Waals surface area (Å²) in [5, 5.41) is 6.86. The maximum atomic E-state index is 5.94. The molecule has 1 aromatic rings. The predicted molar refractivity (Wildman–Crippen MR) is 74.3 cm³/mol. The molecule has 2 N–H and O–H groups in total. The van der Waals surface area contributed by atoms with Crippen LogP contribution in [0.3, 0.4) is 0 Å². The number of benzene rings is 1. The number of hydrogen-bond donors (Lipinski definition) is 2. The Labute approximate surface area is 109 Å². The lowest BCUT2D eigenvalue weighted by Crippen LogP contribution is -2.33. The van der Waals surface area contributed by atoms with Crippen LogP contribution in [0.4, 0.5) is 5.69 Å². The van der Waals surface area contributed by atoms with E-state index in [4.69, 9.17) is 4.74 Å². The molecule has 3 heteroatoms. The summed E-state index contributed by atoms with van der Waals surface area (Å²) in [4.78, 5) is 0. The number of ether oxygens (including phenoxy) is 1. The number of piperidine rings is 1. The van der Waals surface area contributed by atoms with Gasteiger partial charge in [-0.3, -0.25) is 0 Å². The third-order valence-corrected chi connectivity index (χ3v) is 3.90. The van der Waals surface area contributed by atoms with Crippen LogP contribution in [0.5, 0.6) is 5.75 Å². The monoisotopic (exact) mass is 246 g/mol. The number of hydrogen-bond acceptors (Lipinski definition) is 3. The summed E-state index contributed by atoms with van der Waals surface area (Å²) in [6.07, 6.45) is 4.97. The molecule has 0 aliphatic carbocycles. The van der Waals surface area contributed by atoms with Crippen LogP contribution in [-0.4, -0.2) is 26.2 Å². The molecule has 2 aliphatic rings. The highest BCUT2D eigenvalue weighted by Crippen LogP contribution is 2.26. The summed E-state index contributed by atoms with van der Waals surface area (Å²) in [5.74, 6) is 1.70. The van der Waals surface area contributed by atoms with E-state index in [0.29, 0.717) is 5.92 Å². The van der Waals surface area contributed by atoms with E-state index >= 15 is 0 Å². The molecule has 0 radical (unpaired) electrons. The first-order valence-corrected chi connectivity index (χ1v) is 7.12. The molecule has 2 aliphatic heterocycles. The molecule has 1 aromatic carbocycles. The highest BCUT2D eigenvalue weighted by molar-refractivity contribution is 5.55. The minimum absolute atomic E-state index is 0.674. The molecule has 0 bridgehead atoms. The SMILES string of the molecule is c1cc2c(cc1OCC1CCCNC1)CCCN2. The van der Waals surface area contributed by atoms with Gasteiger partial charge in [-0.15, -0.1) is 0 Å². The summed E-state index contributed by atoms with van der Waals surface area (Å²) in [7, 11) is 0. The van der Waals surface area contributed by atoms with Crippen LogP contribution < -0.4 is 15.4 Å². The van der Waals surface area contributed by atoms with Crippen molar-refractivity contribution < 1.29 is 4.74 Å². The zero-order valence-corrected chi connectivity index (χ0v) is 10.9. The fourth-order valence-electron chi connectivity index (χ4n) is 2.82. The smallest absolute Gasteiger partial charge is 0.119 e. The Bertz CT molecular complexity index is 399. The number of anilines is 1. The number of rotatable bonds is 3. The van der Waals surface area contributed by atoms with Gasteiger partial charge >= 0.3 is 0 Å². The van der Waals surface area contributed by atoms with Crippen LogP contribution in [0, 0.1) is 5.92 Å². The zero-order valence-electron chi connectivity index (χ0n) is 10.9. The van der Waals surface area contributed by atoms with E-state index in [1.165, 1.54) is 43.5 Å². The zero-order chi connectivity index (χ0) is 12.2. The van der Waals surface area contributed by atoms with Crippen LogP contribution in [0.15, 0.2) is 18.2 Å². The fourth-order valence-corrected chi connectivity index (χ4v) is 2.82. The number of fused-ring (bicyclic) bond motifs is 1. The Morgan fingerprint density at radius 3 is 3.11 bits per heavy atom. The van der Waals surface area contributed by atoms with Crippen LogP contribution in [0.1, 0.15) is 24.8 Å². The second-order valence-electron chi connectivity index (χ2n) is 5.37. The van der Waals surface area contributed by atoms with E-state index in [9.17, 15) is 0 Å². The second-order valence-corrected chi connectivity index (χ2v) is 5.37. The Morgan fingerprint density at radius 2 is 2.22 bits per heavy atom. The average Bonchev–Trinajstić information content (AvgIpc) is 2.46. The molecule has 3 nitrogen and oxygen atoms in total. The van der Waals surface area contributed by atoms with Crippen molar-refractivity contribution in [2.45, 2.75) is 25.7 Å². The van der Waals surface area contributed by atoms with Gasteiger partial charge in [0, 0.05) is 24.7 Å². The van der Waals surface area contributed by atoms with E-state index in [-0.39, 0.29) is 0 Å². The summed E-state index contributed by atoms with van der Waals surface area (Å²) in [6, 6.07) is 6.45. The minimum atomic E-state index is 0.674. The highest BCUT2D eigenvalue weighted by Gasteiger charge is 2.14. The third-order valence-electron chi connectivity index (χ3n) is 3.90. The van der Waals surface area contributed by atoms with Crippen molar-refractivity contribution in [1.29, 1.82) is 0 Å². The van der Waals surface area contributed by atoms with Crippen molar-refractivity contribution in [3.8, 4) is 5.75 Å². The molecule has 0 spiro atoms. The summed E-state index contributed by atoms with van der Waals surface area (Å²) < 4.78 is 5.94. The van der Waals surface area contributed by atoms with Crippen molar-refractivity contribution in [3.63, 3.8) is 0 Å². The van der Waals surface area contributed by atoms with Crippen LogP contribution in [0.2, 0.25) is 0 Å². The van der Waals surface area contributed by atoms with Gasteiger partial charge in [-0.25, -0.2) is 0 Å². The van der Waals surface area contributed by atoms with E-state index in [1.807, 2.05) is 0 Å². The van der Waals surface area contributed by atoms with Gasteiger partial charge in [-0.05, 0) is 56.0 Å². The van der Waals surface area contributed by atoms with Crippen LogP contribution in [0.25, 0.3) is 0 Å². The second kappa shape index (κ2) is 5.61. The van der Waals surface area contributed by atoms with Gasteiger partial charge in [0.15, 0.2) is 0 Å². The van der Waals surface area contributed by atoms with Crippen molar-refractivity contribution in [2.24, 2.45) is 5.92 Å². The Hall–Kier alpha value is -1.22. The van der Waals surface area contributed by atoms with E-state index in [1.54, 1.807) is 0 Å². The molecular formula is C15H22N2O. The molecule has 18 heavy (non-hydrogen) atoms. The lowest BCUT2D eigenvalue weighted by molar-refractivity contribution is 0.218. The van der Waals surface area contributed by atoms with Gasteiger partial charge in [-0.1, -0.05) is 0 Å². The normalized spacial score (nSPS) is 23.0. The first kappa shape index (κ1) is 11.8. The lowest BCUT2D eigenvalue weighted by Gasteiger charge is -2.23. The largest absolute Gasteiger partial charge is 0.493 e. The summed E-state index contributed by atoms with van der Waals surface area (Å²) in [5.41, 5.74) is 2.69. The first-order chi connectivity index (χ1) is 8.92. The van der Waals surface area contributed by atoms with Crippen molar-refractivity contribution >= 4 is 5.69 Å². The van der Waals surface area contributed by atoms with E-state index in [2.05, 4.69) is 28.8 Å². The molecule has 1 saturated heterocycles. The molecule has 1 fully saturated rings. The van der Waals surface area contributed by atoms with Gasteiger partial charge in [0.05, 0.1) is 6.61 Å². The van der Waals surface area contributed by atoms with Gasteiger partial charge in [0.1, 0.15) is 5.75 Å². The average molecular weight is 246 g/mol. The molecule has 98 valence electrons. The number of nitrogens with one attached hydrogen (secondary N) is 2. The third kappa shape index (κ3) is 2.78. The van der Waals surface area contributed by atoms with Crippen molar-refractivity contribution in [1.82, 2.24) is 5.32 Å². The van der Waals surface area contributed by atoms with E-state index in [0.717, 1.165) is 25.4 Å². The lowest BCUT2D eigenvalue weighted by atomic mass is 10.0. The molecule has 2 heterocycles. The topological polar surface area (TPSA) is 33.3 Å². The Morgan fingerprint density at radius 1 is 1.22 bits per heavy atom. The van der Waals surface area contributed by atoms with Gasteiger partial charge in [-0.2, -0.15) is 0 Å². The standard InChI is InChI=1S/C15H22N2O/c1-3-12(10-16-7-1)11-18-14-5-6-15-13(9-14)4-2-8-17-15/h5-6,9,12,16-17H,1-4,7-8,10-11H2. The Balaban J connectivity index is 1.58. The first-order valence-electron chi connectivity index (χ1n) is 7.12. The maximum absolute atomic E-state index is 5.94. The molecule has 0 aromatic heterocycles. The molecule has 1 unspecified atom stereocenters. The Kier molecular flexibility index (Phi) is 3.69. The number of aryl methyl sites for hydroxylation is 1.